The highest BCUT2D eigenvalue weighted by atomic mass is 16.5. The highest BCUT2D eigenvalue weighted by molar-refractivity contribution is 5.99. The van der Waals surface area contributed by atoms with Gasteiger partial charge in [-0.25, -0.2) is 0 Å². The topological polar surface area (TPSA) is 79.5 Å². The molecule has 26 heavy (non-hydrogen) atoms. The van der Waals surface area contributed by atoms with E-state index in [1.165, 1.54) is 0 Å². The van der Waals surface area contributed by atoms with Crippen molar-refractivity contribution in [3.05, 3.63) is 47.5 Å². The number of benzene rings is 2. The summed E-state index contributed by atoms with van der Waals surface area (Å²) in [6.45, 7) is 7.43. The molecule has 0 bridgehead atoms. The Balaban J connectivity index is 1.69. The Bertz CT molecular complexity index is 863. The van der Waals surface area contributed by atoms with E-state index in [9.17, 15) is 9.59 Å². The molecule has 0 spiro atoms. The molecule has 136 valence electrons. The van der Waals surface area contributed by atoms with Crippen molar-refractivity contribution in [1.29, 1.82) is 0 Å². The van der Waals surface area contributed by atoms with Crippen molar-refractivity contribution in [2.75, 3.05) is 16.0 Å². The molecule has 6 nitrogen and oxygen atoms in total. The molecule has 2 amide bonds. The van der Waals surface area contributed by atoms with Gasteiger partial charge < -0.3 is 20.7 Å². The third-order valence-corrected chi connectivity index (χ3v) is 4.34. The molecule has 3 N–H and O–H groups in total. The second-order valence-corrected chi connectivity index (χ2v) is 6.63. The molecule has 1 aliphatic heterocycles. The van der Waals surface area contributed by atoms with E-state index < -0.39 is 12.1 Å². The highest BCUT2D eigenvalue weighted by Gasteiger charge is 2.24. The van der Waals surface area contributed by atoms with Gasteiger partial charge in [-0.3, -0.25) is 9.59 Å². The molecule has 0 fully saturated rings. The Labute approximate surface area is 152 Å². The molecule has 0 aliphatic carbocycles. The fourth-order valence-electron chi connectivity index (χ4n) is 2.73. The zero-order valence-corrected chi connectivity index (χ0v) is 15.3. The van der Waals surface area contributed by atoms with Crippen molar-refractivity contribution in [2.45, 2.75) is 39.8 Å². The summed E-state index contributed by atoms with van der Waals surface area (Å²) in [5.74, 6) is 0.302. The summed E-state index contributed by atoms with van der Waals surface area (Å²) in [4.78, 5) is 24.2. The minimum absolute atomic E-state index is 0.134. The zero-order valence-electron chi connectivity index (χ0n) is 15.3. The van der Waals surface area contributed by atoms with Gasteiger partial charge in [0.05, 0.1) is 5.69 Å². The molecule has 0 saturated carbocycles. The second kappa shape index (κ2) is 7.07. The molecule has 1 heterocycles. The first-order valence-electron chi connectivity index (χ1n) is 8.59. The van der Waals surface area contributed by atoms with Crippen LogP contribution in [0.15, 0.2) is 36.4 Å². The molecule has 1 aliphatic rings. The number of carbonyl (C=O) groups is 2. The van der Waals surface area contributed by atoms with Gasteiger partial charge in [0.15, 0.2) is 6.10 Å². The summed E-state index contributed by atoms with van der Waals surface area (Å²) >= 11 is 0. The van der Waals surface area contributed by atoms with Crippen LogP contribution in [0, 0.1) is 13.8 Å². The second-order valence-electron chi connectivity index (χ2n) is 6.63. The Morgan fingerprint density at radius 2 is 1.96 bits per heavy atom. The summed E-state index contributed by atoms with van der Waals surface area (Å²) in [5.41, 5.74) is 4.24. The number of rotatable bonds is 4. The summed E-state index contributed by atoms with van der Waals surface area (Å²) in [6, 6.07) is 10.9. The maximum atomic E-state index is 12.5. The standard InChI is InChI=1S/C20H23N3O3/c1-11-5-6-12(2)16(9-11)22-19(24)13(3)21-15-7-8-18-17(10-15)23-20(25)14(4)26-18/h5-10,13-14,21H,1-4H3,(H,22,24)(H,23,25). The predicted octanol–water partition coefficient (Wildman–Crippen LogP) is 3.46. The summed E-state index contributed by atoms with van der Waals surface area (Å²) in [5, 5.41) is 8.91. The van der Waals surface area contributed by atoms with Crippen LogP contribution in [-0.2, 0) is 9.59 Å². The van der Waals surface area contributed by atoms with Gasteiger partial charge in [-0.1, -0.05) is 12.1 Å². The molecule has 2 aromatic rings. The molecule has 2 unspecified atom stereocenters. The lowest BCUT2D eigenvalue weighted by molar-refractivity contribution is -0.122. The maximum absolute atomic E-state index is 12.5. The first-order valence-corrected chi connectivity index (χ1v) is 8.59. The predicted molar refractivity (Wildman–Crippen MR) is 103 cm³/mol. The van der Waals surface area contributed by atoms with E-state index in [0.717, 1.165) is 22.5 Å². The van der Waals surface area contributed by atoms with E-state index >= 15 is 0 Å². The Morgan fingerprint density at radius 1 is 1.19 bits per heavy atom. The van der Waals surface area contributed by atoms with Gasteiger partial charge in [0.2, 0.25) is 5.91 Å². The number of anilines is 3. The van der Waals surface area contributed by atoms with Crippen LogP contribution in [0.25, 0.3) is 0 Å². The average molecular weight is 353 g/mol. The molecule has 0 aromatic heterocycles. The summed E-state index contributed by atoms with van der Waals surface area (Å²) in [6.07, 6.45) is -0.511. The number of nitrogens with one attached hydrogen (secondary N) is 3. The van der Waals surface area contributed by atoms with E-state index in [1.807, 2.05) is 38.1 Å². The molecule has 3 rings (SSSR count). The Hall–Kier alpha value is -3.02. The van der Waals surface area contributed by atoms with Crippen molar-refractivity contribution in [3.63, 3.8) is 0 Å². The number of carbonyl (C=O) groups excluding carboxylic acids is 2. The number of amides is 2. The minimum Gasteiger partial charge on any atom is -0.479 e. The van der Waals surface area contributed by atoms with E-state index in [-0.39, 0.29) is 11.8 Å². The fourth-order valence-corrected chi connectivity index (χ4v) is 2.73. The SMILES string of the molecule is Cc1ccc(C)c(NC(=O)C(C)Nc2ccc3c(c2)NC(=O)C(C)O3)c1. The lowest BCUT2D eigenvalue weighted by Crippen LogP contribution is -2.34. The van der Waals surface area contributed by atoms with Crippen LogP contribution in [0.3, 0.4) is 0 Å². The molecule has 6 heteroatoms. The molecule has 2 aromatic carbocycles. The molecular formula is C20H23N3O3. The van der Waals surface area contributed by atoms with Crippen LogP contribution in [0.2, 0.25) is 0 Å². The quantitative estimate of drug-likeness (QED) is 0.786. The lowest BCUT2D eigenvalue weighted by Gasteiger charge is -2.24. The van der Waals surface area contributed by atoms with E-state index in [0.29, 0.717) is 11.4 Å². The van der Waals surface area contributed by atoms with Gasteiger partial charge in [0.1, 0.15) is 11.8 Å². The number of aryl methyl sites for hydroxylation is 2. The Kier molecular flexibility index (Phi) is 4.84. The number of fused-ring (bicyclic) bond motifs is 1. The zero-order chi connectivity index (χ0) is 18.8. The molecule has 0 saturated heterocycles. The van der Waals surface area contributed by atoms with Crippen LogP contribution >= 0.6 is 0 Å². The minimum atomic E-state index is -0.511. The van der Waals surface area contributed by atoms with Crippen molar-refractivity contribution in [3.8, 4) is 5.75 Å². The average Bonchev–Trinajstić information content (AvgIpc) is 2.59. The molecule has 0 radical (unpaired) electrons. The van der Waals surface area contributed by atoms with Crippen LogP contribution in [-0.4, -0.2) is 24.0 Å². The monoisotopic (exact) mass is 353 g/mol. The maximum Gasteiger partial charge on any atom is 0.265 e. The Morgan fingerprint density at radius 3 is 2.73 bits per heavy atom. The van der Waals surface area contributed by atoms with Crippen LogP contribution in [0.4, 0.5) is 17.1 Å². The van der Waals surface area contributed by atoms with Crippen molar-refractivity contribution in [2.24, 2.45) is 0 Å². The van der Waals surface area contributed by atoms with E-state index in [1.54, 1.807) is 26.0 Å². The first kappa shape index (κ1) is 17.8. The number of hydrogen-bond acceptors (Lipinski definition) is 4. The number of ether oxygens (including phenoxy) is 1. The van der Waals surface area contributed by atoms with Gasteiger partial charge in [-0.15, -0.1) is 0 Å². The fraction of sp³-hybridized carbons (Fsp3) is 0.300. The van der Waals surface area contributed by atoms with Crippen molar-refractivity contribution < 1.29 is 14.3 Å². The largest absolute Gasteiger partial charge is 0.479 e. The van der Waals surface area contributed by atoms with E-state index in [4.69, 9.17) is 4.74 Å². The van der Waals surface area contributed by atoms with Gasteiger partial charge >= 0.3 is 0 Å². The van der Waals surface area contributed by atoms with Crippen LogP contribution in [0.5, 0.6) is 5.75 Å². The van der Waals surface area contributed by atoms with E-state index in [2.05, 4.69) is 16.0 Å². The smallest absolute Gasteiger partial charge is 0.265 e. The van der Waals surface area contributed by atoms with Gasteiger partial charge in [0.25, 0.3) is 5.91 Å². The summed E-state index contributed by atoms with van der Waals surface area (Å²) in [7, 11) is 0. The van der Waals surface area contributed by atoms with Crippen molar-refractivity contribution >= 4 is 28.9 Å². The third-order valence-electron chi connectivity index (χ3n) is 4.34. The molecule has 2 atom stereocenters. The first-order chi connectivity index (χ1) is 12.3. The van der Waals surface area contributed by atoms with Crippen molar-refractivity contribution in [1.82, 2.24) is 0 Å². The van der Waals surface area contributed by atoms with Crippen LogP contribution < -0.4 is 20.7 Å². The van der Waals surface area contributed by atoms with Gasteiger partial charge in [0, 0.05) is 11.4 Å². The van der Waals surface area contributed by atoms with Gasteiger partial charge in [-0.05, 0) is 63.1 Å². The molecular weight excluding hydrogens is 330 g/mol. The lowest BCUT2D eigenvalue weighted by atomic mass is 10.1. The highest BCUT2D eigenvalue weighted by Crippen LogP contribution is 2.32. The van der Waals surface area contributed by atoms with Gasteiger partial charge in [-0.2, -0.15) is 0 Å². The number of hydrogen-bond donors (Lipinski definition) is 3. The third kappa shape index (κ3) is 3.79. The van der Waals surface area contributed by atoms with Crippen LogP contribution in [0.1, 0.15) is 25.0 Å². The summed E-state index contributed by atoms with van der Waals surface area (Å²) < 4.78 is 5.54. The normalized spacial score (nSPS) is 16.8.